The Morgan fingerprint density at radius 1 is 1.47 bits per heavy atom. The number of fused-ring (bicyclic) bond motifs is 1. The highest BCUT2D eigenvalue weighted by Gasteiger charge is 2.37. The Balaban J connectivity index is 2.12. The number of aliphatic hydroxyl groups excluding tert-OH is 2. The lowest BCUT2D eigenvalue weighted by atomic mass is 10.1. The second-order valence-electron chi connectivity index (χ2n) is 4.19. The molecule has 1 amide bonds. The van der Waals surface area contributed by atoms with Crippen LogP contribution in [0.1, 0.15) is 29.1 Å². The van der Waals surface area contributed by atoms with Crippen molar-refractivity contribution in [3.63, 3.8) is 0 Å². The predicted molar refractivity (Wildman–Crippen MR) is 65.1 cm³/mol. The van der Waals surface area contributed by atoms with E-state index in [0.29, 0.717) is 11.1 Å². The van der Waals surface area contributed by atoms with Gasteiger partial charge in [0.25, 0.3) is 5.91 Å². The fraction of sp³-hybridized carbons (Fsp3) is 0.385. The molecule has 6 heteroatoms. The summed E-state index contributed by atoms with van der Waals surface area (Å²) in [5.74, 6) is -1.22. The van der Waals surface area contributed by atoms with Crippen molar-refractivity contribution in [1.82, 2.24) is 4.90 Å². The molecule has 0 aliphatic carbocycles. The topological polar surface area (TPSA) is 87.1 Å². The van der Waals surface area contributed by atoms with Crippen LogP contribution < -0.4 is 0 Å². The maximum atomic E-state index is 12.0. The van der Waals surface area contributed by atoms with Crippen LogP contribution in [0.5, 0.6) is 0 Å². The maximum absolute atomic E-state index is 12.0. The van der Waals surface area contributed by atoms with Crippen LogP contribution in [0, 0.1) is 0 Å². The van der Waals surface area contributed by atoms with E-state index in [0.717, 1.165) is 4.90 Å². The smallest absolute Gasteiger partial charge is 0.336 e. The summed E-state index contributed by atoms with van der Waals surface area (Å²) in [4.78, 5) is 24.4. The van der Waals surface area contributed by atoms with Crippen LogP contribution >= 0.6 is 0 Å². The Bertz CT molecular complexity index is 502. The lowest BCUT2D eigenvalue weighted by Crippen LogP contribution is -2.39. The number of hydrogen-bond donors (Lipinski definition) is 2. The quantitative estimate of drug-likeness (QED) is 0.752. The molecule has 1 aliphatic rings. The van der Waals surface area contributed by atoms with E-state index in [-0.39, 0.29) is 13.2 Å². The molecule has 2 atom stereocenters. The van der Waals surface area contributed by atoms with E-state index in [1.807, 2.05) is 0 Å². The minimum atomic E-state index is -1.46. The number of aliphatic hydroxyl groups is 2. The molecular formula is C13H15NO5. The molecule has 1 heterocycles. The molecule has 0 spiro atoms. The summed E-state index contributed by atoms with van der Waals surface area (Å²) >= 11 is 0. The van der Waals surface area contributed by atoms with Gasteiger partial charge in [0.2, 0.25) is 0 Å². The van der Waals surface area contributed by atoms with Crippen molar-refractivity contribution in [2.75, 3.05) is 13.2 Å². The number of amides is 1. The summed E-state index contributed by atoms with van der Waals surface area (Å²) in [6.07, 6.45) is -2.61. The second kappa shape index (κ2) is 5.38. The average Bonchev–Trinajstić information content (AvgIpc) is 2.65. The molecule has 2 unspecified atom stereocenters. The van der Waals surface area contributed by atoms with Crippen LogP contribution in [-0.2, 0) is 9.53 Å². The van der Waals surface area contributed by atoms with Gasteiger partial charge in [-0.1, -0.05) is 18.2 Å². The molecule has 0 saturated carbocycles. The van der Waals surface area contributed by atoms with Gasteiger partial charge >= 0.3 is 5.97 Å². The molecule has 6 nitrogen and oxygen atoms in total. The maximum Gasteiger partial charge on any atom is 0.336 e. The normalized spacial score (nSPS) is 19.2. The summed E-state index contributed by atoms with van der Waals surface area (Å²) in [6.45, 7) is 1.47. The highest BCUT2D eigenvalue weighted by molar-refractivity contribution is 5.99. The highest BCUT2D eigenvalue weighted by atomic mass is 16.5. The first-order valence-electron chi connectivity index (χ1n) is 5.99. The first kappa shape index (κ1) is 13.5. The van der Waals surface area contributed by atoms with Crippen LogP contribution in [0.25, 0.3) is 0 Å². The molecule has 1 aromatic carbocycles. The average molecular weight is 265 g/mol. The second-order valence-corrected chi connectivity index (χ2v) is 4.19. The fourth-order valence-electron chi connectivity index (χ4n) is 2.03. The number of carbonyl (C=O) groups excluding carboxylic acids is 2. The van der Waals surface area contributed by atoms with Gasteiger partial charge in [0.05, 0.1) is 13.2 Å². The van der Waals surface area contributed by atoms with Crippen LogP contribution in [0.3, 0.4) is 0 Å². The van der Waals surface area contributed by atoms with Crippen LogP contribution in [-0.4, -0.2) is 46.2 Å². The summed E-state index contributed by atoms with van der Waals surface area (Å²) in [5.41, 5.74) is 0.856. The number of rotatable bonds is 4. The number of esters is 1. The monoisotopic (exact) mass is 265 g/mol. The van der Waals surface area contributed by atoms with Gasteiger partial charge in [-0.3, -0.25) is 4.79 Å². The van der Waals surface area contributed by atoms with Gasteiger partial charge in [-0.05, 0) is 13.0 Å². The molecule has 102 valence electrons. The van der Waals surface area contributed by atoms with Crippen molar-refractivity contribution < 1.29 is 24.5 Å². The number of β-amino-alcohol motifs (C(OH)–C–C–N with tert-alkyl or cyclic N) is 1. The Morgan fingerprint density at radius 2 is 2.16 bits per heavy atom. The first-order chi connectivity index (χ1) is 9.06. The molecule has 0 aromatic heterocycles. The Morgan fingerprint density at radius 3 is 2.79 bits per heavy atom. The highest BCUT2D eigenvalue weighted by Crippen LogP contribution is 2.31. The number of ether oxygens (including phenoxy) is 1. The minimum Gasteiger partial charge on any atom is -0.464 e. The van der Waals surface area contributed by atoms with E-state index < -0.39 is 24.2 Å². The Kier molecular flexibility index (Phi) is 3.82. The van der Waals surface area contributed by atoms with E-state index in [2.05, 4.69) is 4.74 Å². The standard InChI is InChI=1S/C13H15NO5/c1-2-19-13(18)10(15)7-14-11(16)8-5-3-4-6-9(8)12(14)17/h3-6,10-11,15-16H,2,7H2,1H3. The third-order valence-corrected chi connectivity index (χ3v) is 2.95. The molecule has 0 fully saturated rings. The number of hydrogen-bond acceptors (Lipinski definition) is 5. The van der Waals surface area contributed by atoms with Crippen molar-refractivity contribution in [2.45, 2.75) is 19.3 Å². The van der Waals surface area contributed by atoms with Gasteiger partial charge in [-0.2, -0.15) is 0 Å². The summed E-state index contributed by atoms with van der Waals surface area (Å²) < 4.78 is 4.65. The molecular weight excluding hydrogens is 250 g/mol. The zero-order valence-electron chi connectivity index (χ0n) is 10.4. The van der Waals surface area contributed by atoms with Crippen molar-refractivity contribution >= 4 is 11.9 Å². The van der Waals surface area contributed by atoms with Crippen molar-refractivity contribution in [1.29, 1.82) is 0 Å². The zero-order chi connectivity index (χ0) is 14.0. The van der Waals surface area contributed by atoms with Crippen LogP contribution in [0.4, 0.5) is 0 Å². The SMILES string of the molecule is CCOC(=O)C(O)CN1C(=O)c2ccccc2C1O. The van der Waals surface area contributed by atoms with E-state index >= 15 is 0 Å². The van der Waals surface area contributed by atoms with Crippen molar-refractivity contribution in [3.05, 3.63) is 35.4 Å². The Labute approximate surface area is 110 Å². The summed E-state index contributed by atoms with van der Waals surface area (Å²) in [6, 6.07) is 6.63. The van der Waals surface area contributed by atoms with Gasteiger partial charge in [0.15, 0.2) is 12.3 Å². The molecule has 0 saturated heterocycles. The molecule has 1 aromatic rings. The largest absolute Gasteiger partial charge is 0.464 e. The molecule has 2 rings (SSSR count). The number of carbonyl (C=O) groups is 2. The Hall–Kier alpha value is -1.92. The lowest BCUT2D eigenvalue weighted by Gasteiger charge is -2.22. The zero-order valence-corrected chi connectivity index (χ0v) is 10.4. The van der Waals surface area contributed by atoms with E-state index in [1.54, 1.807) is 31.2 Å². The number of nitrogens with zero attached hydrogens (tertiary/aromatic N) is 1. The molecule has 2 N–H and O–H groups in total. The first-order valence-corrected chi connectivity index (χ1v) is 5.99. The summed E-state index contributed by atoms with van der Waals surface area (Å²) in [7, 11) is 0. The fourth-order valence-corrected chi connectivity index (χ4v) is 2.03. The van der Waals surface area contributed by atoms with Gasteiger partial charge in [0.1, 0.15) is 0 Å². The summed E-state index contributed by atoms with van der Waals surface area (Å²) in [5, 5.41) is 19.7. The van der Waals surface area contributed by atoms with Gasteiger partial charge in [-0.25, -0.2) is 4.79 Å². The van der Waals surface area contributed by atoms with E-state index in [9.17, 15) is 19.8 Å². The van der Waals surface area contributed by atoms with Gasteiger partial charge in [0, 0.05) is 11.1 Å². The third-order valence-electron chi connectivity index (χ3n) is 2.95. The van der Waals surface area contributed by atoms with E-state index in [4.69, 9.17) is 0 Å². The number of benzene rings is 1. The van der Waals surface area contributed by atoms with E-state index in [1.165, 1.54) is 0 Å². The van der Waals surface area contributed by atoms with Gasteiger partial charge in [-0.15, -0.1) is 0 Å². The third kappa shape index (κ3) is 2.45. The van der Waals surface area contributed by atoms with Crippen molar-refractivity contribution in [2.24, 2.45) is 0 Å². The van der Waals surface area contributed by atoms with Crippen molar-refractivity contribution in [3.8, 4) is 0 Å². The predicted octanol–water partition coefficient (Wildman–Crippen LogP) is 0.0573. The molecule has 0 bridgehead atoms. The van der Waals surface area contributed by atoms with Crippen LogP contribution in [0.15, 0.2) is 24.3 Å². The molecule has 0 radical (unpaired) electrons. The van der Waals surface area contributed by atoms with Crippen LogP contribution in [0.2, 0.25) is 0 Å². The van der Waals surface area contributed by atoms with Gasteiger partial charge < -0.3 is 19.8 Å². The minimum absolute atomic E-state index is 0.145. The molecule has 19 heavy (non-hydrogen) atoms. The molecule has 1 aliphatic heterocycles. The lowest BCUT2D eigenvalue weighted by molar-refractivity contribution is -0.154.